The molecule has 0 unspecified atom stereocenters. The highest BCUT2D eigenvalue weighted by atomic mass is 19.2. The molecule has 5 nitrogen and oxygen atoms in total. The Morgan fingerprint density at radius 2 is 1.62 bits per heavy atom. The summed E-state index contributed by atoms with van der Waals surface area (Å²) in [6, 6.07) is 10.2. The molecule has 0 saturated carbocycles. The van der Waals surface area contributed by atoms with Crippen molar-refractivity contribution in [2.24, 2.45) is 0 Å². The molecule has 0 aliphatic rings. The molecule has 9 heteroatoms. The number of carbonyl (C=O) groups excluding carboxylic acids is 1. The van der Waals surface area contributed by atoms with Crippen LogP contribution in [0.5, 0.6) is 0 Å². The smallest absolute Gasteiger partial charge is 0.340 e. The normalized spacial score (nSPS) is 11.2. The highest BCUT2D eigenvalue weighted by Crippen LogP contribution is 2.36. The van der Waals surface area contributed by atoms with Crippen molar-refractivity contribution in [1.82, 2.24) is 9.97 Å². The van der Waals surface area contributed by atoms with Gasteiger partial charge < -0.3 is 14.8 Å². The van der Waals surface area contributed by atoms with Gasteiger partial charge in [0.2, 0.25) is 0 Å². The highest BCUT2D eigenvalue weighted by molar-refractivity contribution is 6.03. The van der Waals surface area contributed by atoms with Gasteiger partial charge in [0.05, 0.1) is 28.8 Å². The predicted molar refractivity (Wildman–Crippen MR) is 109 cm³/mol. The van der Waals surface area contributed by atoms with Gasteiger partial charge in [-0.15, -0.1) is 0 Å². The Kier molecular flexibility index (Phi) is 5.67. The number of H-pyrrole nitrogens is 1. The molecule has 4 rings (SSSR count). The van der Waals surface area contributed by atoms with Crippen LogP contribution in [0.3, 0.4) is 0 Å². The number of rotatable bonds is 5. The van der Waals surface area contributed by atoms with Gasteiger partial charge in [-0.05, 0) is 30.2 Å². The number of nitrogens with zero attached hydrogens (tertiary/aromatic N) is 1. The van der Waals surface area contributed by atoms with Crippen molar-refractivity contribution in [2.45, 2.75) is 6.92 Å². The third-order valence-electron chi connectivity index (χ3n) is 4.84. The summed E-state index contributed by atoms with van der Waals surface area (Å²) in [5.41, 5.74) is -1.10. The number of hydrogen-bond donors (Lipinski definition) is 2. The minimum atomic E-state index is -1.62. The molecule has 0 radical (unpaired) electrons. The molecule has 1 aromatic heterocycles. The summed E-state index contributed by atoms with van der Waals surface area (Å²) in [7, 11) is 0. The van der Waals surface area contributed by atoms with E-state index in [1.54, 1.807) is 19.1 Å². The number of nitrogens with one attached hydrogen (secondary N) is 1. The maximum Gasteiger partial charge on any atom is 0.340 e. The number of aromatic nitrogens is 2. The number of aliphatic hydroxyl groups is 1. The van der Waals surface area contributed by atoms with Crippen molar-refractivity contribution in [3.05, 3.63) is 76.9 Å². The maximum absolute atomic E-state index is 14.9. The molecule has 0 spiro atoms. The summed E-state index contributed by atoms with van der Waals surface area (Å²) < 4.78 is 64.4. The summed E-state index contributed by atoms with van der Waals surface area (Å²) >= 11 is 0. The number of benzene rings is 3. The topological polar surface area (TPSA) is 75.2 Å². The lowest BCUT2D eigenvalue weighted by Crippen LogP contribution is -2.09. The van der Waals surface area contributed by atoms with Crippen LogP contribution in [0.15, 0.2) is 42.5 Å². The third-order valence-corrected chi connectivity index (χ3v) is 4.84. The van der Waals surface area contributed by atoms with Crippen molar-refractivity contribution in [3.8, 4) is 22.5 Å². The minimum Gasteiger partial charge on any atom is -0.460 e. The number of fused-ring (bicyclic) bond motifs is 1. The summed E-state index contributed by atoms with van der Waals surface area (Å²) in [5.74, 6) is -7.68. The van der Waals surface area contributed by atoms with Crippen LogP contribution in [0.4, 0.5) is 17.6 Å². The van der Waals surface area contributed by atoms with E-state index < -0.39 is 52.8 Å². The fourth-order valence-electron chi connectivity index (χ4n) is 3.45. The first-order chi connectivity index (χ1) is 15.3. The van der Waals surface area contributed by atoms with Gasteiger partial charge in [-0.2, -0.15) is 0 Å². The molecule has 2 N–H and O–H groups in total. The fourth-order valence-corrected chi connectivity index (χ4v) is 3.45. The van der Waals surface area contributed by atoms with E-state index in [1.165, 1.54) is 30.3 Å². The van der Waals surface area contributed by atoms with E-state index in [4.69, 9.17) is 9.84 Å². The second-order valence-corrected chi connectivity index (χ2v) is 7.03. The predicted octanol–water partition coefficient (Wildman–Crippen LogP) is 4.91. The summed E-state index contributed by atoms with van der Waals surface area (Å²) in [4.78, 5) is 18.9. The van der Waals surface area contributed by atoms with Crippen LogP contribution in [0.1, 0.15) is 15.9 Å². The molecule has 3 aromatic carbocycles. The molecule has 164 valence electrons. The van der Waals surface area contributed by atoms with Crippen LogP contribution < -0.4 is 0 Å². The highest BCUT2D eigenvalue weighted by Gasteiger charge is 2.29. The Morgan fingerprint density at radius 3 is 2.25 bits per heavy atom. The molecule has 0 saturated heterocycles. The van der Waals surface area contributed by atoms with Crippen LogP contribution in [0, 0.1) is 30.2 Å². The van der Waals surface area contributed by atoms with Crippen LogP contribution in [-0.2, 0) is 4.74 Å². The lowest BCUT2D eigenvalue weighted by atomic mass is 10.0. The first-order valence-electron chi connectivity index (χ1n) is 9.53. The molecule has 4 aromatic rings. The largest absolute Gasteiger partial charge is 0.460 e. The fraction of sp³-hybridized carbons (Fsp3) is 0.130. The van der Waals surface area contributed by atoms with Gasteiger partial charge in [0, 0.05) is 0 Å². The van der Waals surface area contributed by atoms with Gasteiger partial charge in [-0.3, -0.25) is 0 Å². The van der Waals surface area contributed by atoms with Crippen molar-refractivity contribution in [1.29, 1.82) is 0 Å². The lowest BCUT2D eigenvalue weighted by molar-refractivity contribution is 0.0435. The Balaban J connectivity index is 1.91. The van der Waals surface area contributed by atoms with Gasteiger partial charge in [-0.1, -0.05) is 30.3 Å². The number of carbonyl (C=O) groups is 1. The Morgan fingerprint density at radius 1 is 1.00 bits per heavy atom. The second kappa shape index (κ2) is 8.43. The van der Waals surface area contributed by atoms with E-state index in [2.05, 4.69) is 9.97 Å². The van der Waals surface area contributed by atoms with Gasteiger partial charge in [-0.25, -0.2) is 27.3 Å². The molecular formula is C23H16F4N2O3. The Bertz CT molecular complexity index is 1310. The lowest BCUT2D eigenvalue weighted by Gasteiger charge is -2.11. The van der Waals surface area contributed by atoms with Crippen LogP contribution in [0.25, 0.3) is 33.5 Å². The number of aryl methyl sites for hydroxylation is 1. The molecule has 0 atom stereocenters. The van der Waals surface area contributed by atoms with Crippen molar-refractivity contribution >= 4 is 17.0 Å². The quantitative estimate of drug-likeness (QED) is 0.261. The first-order valence-corrected chi connectivity index (χ1v) is 9.53. The van der Waals surface area contributed by atoms with Gasteiger partial charge in [0.1, 0.15) is 17.9 Å². The summed E-state index contributed by atoms with van der Waals surface area (Å²) in [5, 5.41) is 8.85. The number of ether oxygens (including phenoxy) is 1. The molecule has 32 heavy (non-hydrogen) atoms. The summed E-state index contributed by atoms with van der Waals surface area (Å²) in [6.07, 6.45) is 0. The molecular weight excluding hydrogens is 428 g/mol. The van der Waals surface area contributed by atoms with Gasteiger partial charge in [0.15, 0.2) is 23.3 Å². The average Bonchev–Trinajstić information content (AvgIpc) is 3.19. The molecule has 0 bridgehead atoms. The second-order valence-electron chi connectivity index (χ2n) is 7.03. The molecule has 1 heterocycles. The van der Waals surface area contributed by atoms with Crippen LogP contribution in [-0.4, -0.2) is 34.3 Å². The first kappa shape index (κ1) is 21.5. The van der Waals surface area contributed by atoms with Crippen molar-refractivity contribution in [3.63, 3.8) is 0 Å². The Labute approximate surface area is 179 Å². The van der Waals surface area contributed by atoms with E-state index in [1.807, 2.05) is 0 Å². The van der Waals surface area contributed by atoms with E-state index in [0.29, 0.717) is 5.56 Å². The zero-order valence-electron chi connectivity index (χ0n) is 16.7. The number of esters is 1. The van der Waals surface area contributed by atoms with Crippen LogP contribution in [0.2, 0.25) is 0 Å². The Hall–Kier alpha value is -3.72. The van der Waals surface area contributed by atoms with Crippen molar-refractivity contribution in [2.75, 3.05) is 13.2 Å². The monoisotopic (exact) mass is 444 g/mol. The van der Waals surface area contributed by atoms with Gasteiger partial charge >= 0.3 is 5.97 Å². The molecule has 0 fully saturated rings. The van der Waals surface area contributed by atoms with E-state index in [9.17, 15) is 22.4 Å². The van der Waals surface area contributed by atoms with Crippen molar-refractivity contribution < 1.29 is 32.2 Å². The minimum absolute atomic E-state index is 0.000270. The number of hydrogen-bond acceptors (Lipinski definition) is 4. The standard InChI is InChI=1S/C23H16F4N2O3/c1-11-9-13(23(31)32-8-7-30)21-14(10-11)28-22(29-21)16-19(26)17(24)15(18(25)20(16)27)12-5-3-2-4-6-12/h2-6,9-10,30H,7-8H2,1H3,(H,28,29). The number of aliphatic hydroxyl groups excluding tert-OH is 1. The zero-order chi connectivity index (χ0) is 23.0. The SMILES string of the molecule is Cc1cc(C(=O)OCCO)c2nc(-c3c(F)c(F)c(-c4ccccc4)c(F)c3F)[nH]c2c1. The zero-order valence-corrected chi connectivity index (χ0v) is 16.7. The maximum atomic E-state index is 14.9. The number of halogens is 4. The third kappa shape index (κ3) is 3.60. The van der Waals surface area contributed by atoms with E-state index in [-0.39, 0.29) is 28.8 Å². The van der Waals surface area contributed by atoms with Crippen LogP contribution >= 0.6 is 0 Å². The summed E-state index contributed by atoms with van der Waals surface area (Å²) in [6.45, 7) is 1.01. The van der Waals surface area contributed by atoms with Gasteiger partial charge in [0.25, 0.3) is 0 Å². The number of aromatic amines is 1. The van der Waals surface area contributed by atoms with E-state index in [0.717, 1.165) is 0 Å². The molecule has 0 aliphatic carbocycles. The average molecular weight is 444 g/mol. The number of imidazole rings is 1. The van der Waals surface area contributed by atoms with E-state index >= 15 is 0 Å². The molecule has 0 amide bonds. The molecule has 0 aliphatic heterocycles.